The van der Waals surface area contributed by atoms with Gasteiger partial charge in [-0.2, -0.15) is 10.4 Å². The predicted molar refractivity (Wildman–Crippen MR) is 139 cm³/mol. The molecule has 1 aromatic heterocycles. The highest BCUT2D eigenvalue weighted by atomic mass is 15.3. The van der Waals surface area contributed by atoms with Gasteiger partial charge >= 0.3 is 0 Å². The molecule has 0 spiro atoms. The Morgan fingerprint density at radius 3 is 2.62 bits per heavy atom. The third kappa shape index (κ3) is 4.09. The van der Waals surface area contributed by atoms with Gasteiger partial charge in [0.05, 0.1) is 18.2 Å². The maximum Gasteiger partial charge on any atom is 0.129 e. The number of nitrogens with one attached hydrogen (secondary N) is 1. The van der Waals surface area contributed by atoms with Crippen molar-refractivity contribution in [2.45, 2.75) is 20.0 Å². The molecule has 0 unspecified atom stereocenters. The lowest BCUT2D eigenvalue weighted by Crippen LogP contribution is -2.50. The molecule has 0 atom stereocenters. The molecule has 0 aliphatic carbocycles. The fraction of sp³-hybridized carbons (Fsp3) is 0.296. The lowest BCUT2D eigenvalue weighted by Gasteiger charge is -2.41. The van der Waals surface area contributed by atoms with Crippen LogP contribution in [-0.4, -0.2) is 43.8 Å². The zero-order valence-corrected chi connectivity index (χ0v) is 19.7. The van der Waals surface area contributed by atoms with Gasteiger partial charge in [0.2, 0.25) is 0 Å². The van der Waals surface area contributed by atoms with Crippen LogP contribution in [0.5, 0.6) is 0 Å². The first-order chi connectivity index (χ1) is 16.6. The number of hydrogen-bond acceptors (Lipinski definition) is 5. The zero-order valence-electron chi connectivity index (χ0n) is 19.7. The Bertz CT molecular complexity index is 1270. The molecule has 0 saturated carbocycles. The second-order valence-corrected chi connectivity index (χ2v) is 9.05. The molecule has 1 fully saturated rings. The molecule has 7 heteroatoms. The first-order valence-corrected chi connectivity index (χ1v) is 11.6. The van der Waals surface area contributed by atoms with E-state index in [-0.39, 0.29) is 0 Å². The smallest absolute Gasteiger partial charge is 0.129 e. The Morgan fingerprint density at radius 1 is 1.12 bits per heavy atom. The highest BCUT2D eigenvalue weighted by Crippen LogP contribution is 2.35. The summed E-state index contributed by atoms with van der Waals surface area (Å²) in [5.74, 6) is 1.52. The third-order valence-electron chi connectivity index (χ3n) is 6.77. The quantitative estimate of drug-likeness (QED) is 0.360. The van der Waals surface area contributed by atoms with Crippen molar-refractivity contribution in [1.29, 1.82) is 5.26 Å². The summed E-state index contributed by atoms with van der Waals surface area (Å²) in [4.78, 5) is 4.66. The minimum absolute atomic E-state index is 0.670. The minimum atomic E-state index is 0.670. The molecule has 172 valence electrons. The van der Waals surface area contributed by atoms with Crippen LogP contribution >= 0.6 is 0 Å². The number of benzene rings is 2. The first kappa shape index (κ1) is 21.9. The van der Waals surface area contributed by atoms with E-state index in [2.05, 4.69) is 73.1 Å². The Balaban J connectivity index is 1.50. The summed E-state index contributed by atoms with van der Waals surface area (Å²) in [6.45, 7) is 10.2. The molecule has 3 aromatic rings. The largest absolute Gasteiger partial charge is 0.371 e. The van der Waals surface area contributed by atoms with Crippen molar-refractivity contribution in [3.05, 3.63) is 71.5 Å². The second kappa shape index (κ2) is 9.16. The van der Waals surface area contributed by atoms with Gasteiger partial charge in [-0.05, 0) is 67.1 Å². The Hall–Kier alpha value is -3.89. The van der Waals surface area contributed by atoms with E-state index < -0.39 is 0 Å². The predicted octanol–water partition coefficient (Wildman–Crippen LogP) is 4.08. The van der Waals surface area contributed by atoms with Crippen molar-refractivity contribution in [1.82, 2.24) is 9.88 Å². The van der Waals surface area contributed by atoms with Crippen molar-refractivity contribution in [2.75, 3.05) is 36.5 Å². The standard InChI is InChI=1S/C27H29N7/c1-19(31-30-3)34-18-26-10-23(22-6-4-20(12-28)5-7-22)16-33(26)17-24-11-25(8-9-27(24)34)32-14-21(15-32)13-29-2/h4-11,16,21,29H,3,13-15,17-18H2,1-2H3/b31-19-. The van der Waals surface area contributed by atoms with Crippen LogP contribution in [0.3, 0.4) is 0 Å². The van der Waals surface area contributed by atoms with E-state index >= 15 is 0 Å². The second-order valence-electron chi connectivity index (χ2n) is 9.05. The van der Waals surface area contributed by atoms with Crippen molar-refractivity contribution < 1.29 is 0 Å². The minimum Gasteiger partial charge on any atom is -0.371 e. The summed E-state index contributed by atoms with van der Waals surface area (Å²) in [5, 5.41) is 20.4. The Kier molecular flexibility index (Phi) is 5.91. The maximum atomic E-state index is 9.12. The maximum absolute atomic E-state index is 9.12. The molecule has 2 aromatic carbocycles. The van der Waals surface area contributed by atoms with Gasteiger partial charge in [0.15, 0.2) is 0 Å². The number of fused-ring (bicyclic) bond motifs is 2. The van der Waals surface area contributed by atoms with Crippen molar-refractivity contribution in [3.8, 4) is 17.2 Å². The molecular formula is C27H29N7. The fourth-order valence-electron chi connectivity index (χ4n) is 4.96. The Labute approximate surface area is 200 Å². The first-order valence-electron chi connectivity index (χ1n) is 11.6. The molecule has 1 saturated heterocycles. The summed E-state index contributed by atoms with van der Waals surface area (Å²) in [6, 6.07) is 18.9. The fourth-order valence-corrected chi connectivity index (χ4v) is 4.96. The SMILES string of the molecule is C=N/N=C(/C)N1Cc2cc(-c3ccc(C#N)cc3)cn2Cc2cc(N3CC(CNC)C3)ccc21. The van der Waals surface area contributed by atoms with Gasteiger partial charge in [0.25, 0.3) is 0 Å². The van der Waals surface area contributed by atoms with E-state index in [4.69, 9.17) is 5.26 Å². The number of nitriles is 1. The van der Waals surface area contributed by atoms with Crippen LogP contribution < -0.4 is 15.1 Å². The van der Waals surface area contributed by atoms with Crippen molar-refractivity contribution in [3.63, 3.8) is 0 Å². The highest BCUT2D eigenvalue weighted by molar-refractivity contribution is 5.97. The topological polar surface area (TPSA) is 72.0 Å². The van der Waals surface area contributed by atoms with Crippen LogP contribution in [0.15, 0.2) is 64.9 Å². The average Bonchev–Trinajstić information content (AvgIpc) is 3.15. The molecule has 2 aliphatic heterocycles. The molecule has 1 N–H and O–H groups in total. The molecule has 34 heavy (non-hydrogen) atoms. The van der Waals surface area contributed by atoms with Crippen molar-refractivity contribution in [2.24, 2.45) is 16.1 Å². The summed E-state index contributed by atoms with van der Waals surface area (Å²) in [6.07, 6.45) is 2.21. The Morgan fingerprint density at radius 2 is 1.91 bits per heavy atom. The van der Waals surface area contributed by atoms with E-state index in [9.17, 15) is 0 Å². The van der Waals surface area contributed by atoms with Crippen molar-refractivity contribution >= 4 is 23.9 Å². The number of amidine groups is 1. The summed E-state index contributed by atoms with van der Waals surface area (Å²) in [7, 11) is 2.02. The van der Waals surface area contributed by atoms with Crippen LogP contribution in [0.4, 0.5) is 11.4 Å². The normalized spacial score (nSPS) is 15.7. The van der Waals surface area contributed by atoms with Gasteiger partial charge in [-0.1, -0.05) is 12.1 Å². The van der Waals surface area contributed by atoms with Gasteiger partial charge in [-0.3, -0.25) is 0 Å². The van der Waals surface area contributed by atoms with Crippen LogP contribution in [0.1, 0.15) is 23.7 Å². The van der Waals surface area contributed by atoms with Gasteiger partial charge in [-0.15, -0.1) is 5.10 Å². The molecule has 0 amide bonds. The highest BCUT2D eigenvalue weighted by Gasteiger charge is 2.28. The molecule has 2 aliphatic rings. The van der Waals surface area contributed by atoms with Crippen LogP contribution in [-0.2, 0) is 13.1 Å². The monoisotopic (exact) mass is 451 g/mol. The molecule has 3 heterocycles. The van der Waals surface area contributed by atoms with Gasteiger partial charge in [-0.25, -0.2) is 0 Å². The molecule has 7 nitrogen and oxygen atoms in total. The number of hydrogen-bond donors (Lipinski definition) is 1. The van der Waals surface area contributed by atoms with Gasteiger partial charge in [0, 0.05) is 62.1 Å². The summed E-state index contributed by atoms with van der Waals surface area (Å²) >= 11 is 0. The van der Waals surface area contributed by atoms with E-state index in [0.29, 0.717) is 18.0 Å². The van der Waals surface area contributed by atoms with Gasteiger partial charge < -0.3 is 19.7 Å². The van der Waals surface area contributed by atoms with Crippen LogP contribution in [0, 0.1) is 17.2 Å². The van der Waals surface area contributed by atoms with E-state index in [1.165, 1.54) is 16.9 Å². The lowest BCUT2D eigenvalue weighted by atomic mass is 9.98. The number of rotatable bonds is 5. The number of aromatic nitrogens is 1. The summed E-state index contributed by atoms with van der Waals surface area (Å²) < 4.78 is 2.32. The van der Waals surface area contributed by atoms with Gasteiger partial charge in [0.1, 0.15) is 5.84 Å². The molecule has 5 rings (SSSR count). The van der Waals surface area contributed by atoms with E-state index in [1.54, 1.807) is 0 Å². The summed E-state index contributed by atoms with van der Waals surface area (Å²) in [5.41, 5.74) is 7.81. The average molecular weight is 452 g/mol. The zero-order chi connectivity index (χ0) is 23.7. The number of nitrogens with zero attached hydrogens (tertiary/aromatic N) is 6. The van der Waals surface area contributed by atoms with Crippen LogP contribution in [0.25, 0.3) is 11.1 Å². The van der Waals surface area contributed by atoms with Crippen LogP contribution in [0.2, 0.25) is 0 Å². The number of anilines is 2. The third-order valence-corrected chi connectivity index (χ3v) is 6.77. The molecule has 0 bridgehead atoms. The lowest BCUT2D eigenvalue weighted by molar-refractivity contribution is 0.397. The van der Waals surface area contributed by atoms with E-state index in [0.717, 1.165) is 48.8 Å². The molecule has 0 radical (unpaired) electrons. The van der Waals surface area contributed by atoms with E-state index in [1.807, 2.05) is 38.2 Å². The molecular weight excluding hydrogens is 422 g/mol.